The van der Waals surface area contributed by atoms with Crippen molar-refractivity contribution in [3.63, 3.8) is 0 Å². The molecule has 0 bridgehead atoms. The van der Waals surface area contributed by atoms with Gasteiger partial charge >= 0.3 is 0 Å². The molecule has 1 saturated carbocycles. The van der Waals surface area contributed by atoms with Gasteiger partial charge in [0.05, 0.1) is 12.8 Å². The smallest absolute Gasteiger partial charge is 0.145 e. The fraction of sp³-hybridized carbons (Fsp3) is 0.471. The molecule has 1 heterocycles. The van der Waals surface area contributed by atoms with E-state index in [1.165, 1.54) is 25.7 Å². The Morgan fingerprint density at radius 3 is 2.75 bits per heavy atom. The van der Waals surface area contributed by atoms with Gasteiger partial charge in [-0.15, -0.1) is 0 Å². The Labute approximate surface area is 120 Å². The molecule has 1 aliphatic rings. The van der Waals surface area contributed by atoms with Crippen molar-refractivity contribution in [1.82, 2.24) is 10.3 Å². The summed E-state index contributed by atoms with van der Waals surface area (Å²) in [5.74, 6) is 0.844. The third kappa shape index (κ3) is 2.63. The van der Waals surface area contributed by atoms with Gasteiger partial charge in [0.2, 0.25) is 0 Å². The lowest BCUT2D eigenvalue weighted by atomic mass is 10.0. The van der Waals surface area contributed by atoms with E-state index in [1.54, 1.807) is 7.11 Å². The molecule has 3 nitrogen and oxygen atoms in total. The maximum Gasteiger partial charge on any atom is 0.145 e. The van der Waals surface area contributed by atoms with Gasteiger partial charge in [-0.1, -0.05) is 31.0 Å². The van der Waals surface area contributed by atoms with Crippen LogP contribution in [0.5, 0.6) is 5.75 Å². The summed E-state index contributed by atoms with van der Waals surface area (Å²) in [5, 5.41) is 4.80. The maximum atomic E-state index is 5.40. The molecule has 0 amide bonds. The Kier molecular flexibility index (Phi) is 3.62. The van der Waals surface area contributed by atoms with Crippen LogP contribution < -0.4 is 10.1 Å². The molecule has 1 aromatic heterocycles. The second kappa shape index (κ2) is 5.41. The molecule has 0 aliphatic heterocycles. The topological polar surface area (TPSA) is 34.1 Å². The van der Waals surface area contributed by atoms with Crippen LogP contribution in [0.15, 0.2) is 30.3 Å². The van der Waals surface area contributed by atoms with Crippen molar-refractivity contribution in [2.45, 2.75) is 44.7 Å². The lowest BCUT2D eigenvalue weighted by molar-refractivity contribution is 0.361. The van der Waals surface area contributed by atoms with Gasteiger partial charge in [-0.2, -0.15) is 0 Å². The van der Waals surface area contributed by atoms with Crippen LogP contribution in [0.1, 0.15) is 38.3 Å². The highest BCUT2D eigenvalue weighted by Gasteiger charge is 2.27. The molecule has 1 aliphatic carbocycles. The fourth-order valence-electron chi connectivity index (χ4n) is 3.06. The number of ether oxygens (including phenoxy) is 1. The highest BCUT2D eigenvalue weighted by atomic mass is 16.5. The zero-order valence-electron chi connectivity index (χ0n) is 12.3. The first kappa shape index (κ1) is 13.4. The van der Waals surface area contributed by atoms with Gasteiger partial charge in [0.1, 0.15) is 11.3 Å². The summed E-state index contributed by atoms with van der Waals surface area (Å²) in [7, 11) is 1.70. The maximum absolute atomic E-state index is 5.40. The van der Waals surface area contributed by atoms with Crippen molar-refractivity contribution >= 4 is 10.9 Å². The molecule has 3 rings (SSSR count). The molecule has 2 aromatic rings. The average Bonchev–Trinajstić information content (AvgIpc) is 2.91. The van der Waals surface area contributed by atoms with Gasteiger partial charge in [0, 0.05) is 17.5 Å². The molecule has 0 atom stereocenters. The quantitative estimate of drug-likeness (QED) is 0.920. The predicted molar refractivity (Wildman–Crippen MR) is 82.0 cm³/mol. The number of hydrogen-bond donors (Lipinski definition) is 1. The summed E-state index contributed by atoms with van der Waals surface area (Å²) in [6.07, 6.45) is 5.21. The molecule has 1 fully saturated rings. The number of nitrogens with one attached hydrogen (secondary N) is 1. The van der Waals surface area contributed by atoms with Crippen LogP contribution in [0.2, 0.25) is 0 Å². The Morgan fingerprint density at radius 1 is 1.20 bits per heavy atom. The van der Waals surface area contributed by atoms with Crippen molar-refractivity contribution in [2.75, 3.05) is 7.11 Å². The zero-order valence-corrected chi connectivity index (χ0v) is 12.3. The van der Waals surface area contributed by atoms with E-state index in [1.807, 2.05) is 12.1 Å². The van der Waals surface area contributed by atoms with E-state index in [0.717, 1.165) is 28.9 Å². The average molecular weight is 270 g/mol. The summed E-state index contributed by atoms with van der Waals surface area (Å²) >= 11 is 0. The molecular weight excluding hydrogens is 248 g/mol. The van der Waals surface area contributed by atoms with Crippen molar-refractivity contribution in [3.8, 4) is 5.75 Å². The van der Waals surface area contributed by atoms with Crippen molar-refractivity contribution in [2.24, 2.45) is 0 Å². The van der Waals surface area contributed by atoms with E-state index in [9.17, 15) is 0 Å². The Morgan fingerprint density at radius 2 is 2.00 bits per heavy atom. The highest BCUT2D eigenvalue weighted by molar-refractivity contribution is 5.84. The number of hydrogen-bond acceptors (Lipinski definition) is 3. The molecule has 3 heteroatoms. The predicted octanol–water partition coefficient (Wildman–Crippen LogP) is 3.67. The molecule has 0 radical (unpaired) electrons. The molecule has 0 spiro atoms. The van der Waals surface area contributed by atoms with E-state index in [0.29, 0.717) is 0 Å². The first-order chi connectivity index (χ1) is 9.70. The molecule has 106 valence electrons. The number of methoxy groups -OCH3 is 1. The van der Waals surface area contributed by atoms with Crippen LogP contribution >= 0.6 is 0 Å². The van der Waals surface area contributed by atoms with Crippen LogP contribution in [-0.4, -0.2) is 17.6 Å². The number of para-hydroxylation sites is 1. The standard InChI is InChI=1S/C17H22N2O/c1-17(10-3-4-11-17)18-12-14-9-8-13-6-5-7-15(20-2)16(13)19-14/h5-9,18H,3-4,10-12H2,1-2H3. The van der Waals surface area contributed by atoms with Crippen molar-refractivity contribution in [1.29, 1.82) is 0 Å². The van der Waals surface area contributed by atoms with Gasteiger partial charge in [-0.25, -0.2) is 4.98 Å². The van der Waals surface area contributed by atoms with E-state index >= 15 is 0 Å². The third-order valence-electron chi connectivity index (χ3n) is 4.36. The Bertz CT molecular complexity index is 603. The lowest BCUT2D eigenvalue weighted by Crippen LogP contribution is -2.38. The molecule has 20 heavy (non-hydrogen) atoms. The van der Waals surface area contributed by atoms with Crippen LogP contribution in [0.4, 0.5) is 0 Å². The van der Waals surface area contributed by atoms with Crippen LogP contribution in [0.25, 0.3) is 10.9 Å². The van der Waals surface area contributed by atoms with Gasteiger partial charge in [0.15, 0.2) is 0 Å². The number of fused-ring (bicyclic) bond motifs is 1. The van der Waals surface area contributed by atoms with Gasteiger partial charge in [-0.3, -0.25) is 0 Å². The second-order valence-electron chi connectivity index (χ2n) is 5.96. The van der Waals surface area contributed by atoms with Crippen LogP contribution in [-0.2, 0) is 6.54 Å². The number of aromatic nitrogens is 1. The number of nitrogens with zero attached hydrogens (tertiary/aromatic N) is 1. The fourth-order valence-corrected chi connectivity index (χ4v) is 3.06. The van der Waals surface area contributed by atoms with Crippen LogP contribution in [0.3, 0.4) is 0 Å². The first-order valence-electron chi connectivity index (χ1n) is 7.38. The highest BCUT2D eigenvalue weighted by Crippen LogP contribution is 2.29. The van der Waals surface area contributed by atoms with Gasteiger partial charge < -0.3 is 10.1 Å². The van der Waals surface area contributed by atoms with Crippen molar-refractivity contribution < 1.29 is 4.74 Å². The third-order valence-corrected chi connectivity index (χ3v) is 4.36. The largest absolute Gasteiger partial charge is 0.494 e. The minimum atomic E-state index is 0.289. The summed E-state index contributed by atoms with van der Waals surface area (Å²) < 4.78 is 5.40. The normalized spacial score (nSPS) is 17.5. The number of benzene rings is 1. The molecule has 0 unspecified atom stereocenters. The summed E-state index contributed by atoms with van der Waals surface area (Å²) in [6, 6.07) is 10.3. The number of rotatable bonds is 4. The SMILES string of the molecule is COc1cccc2ccc(CNC3(C)CCCC3)nc12. The molecule has 0 saturated heterocycles. The molecule has 1 N–H and O–H groups in total. The lowest BCUT2D eigenvalue weighted by Gasteiger charge is -2.25. The molecule has 1 aromatic carbocycles. The second-order valence-corrected chi connectivity index (χ2v) is 5.96. The zero-order chi connectivity index (χ0) is 14.0. The Hall–Kier alpha value is -1.61. The van der Waals surface area contributed by atoms with Crippen LogP contribution in [0, 0.1) is 0 Å². The summed E-state index contributed by atoms with van der Waals surface area (Å²) in [5.41, 5.74) is 2.32. The van der Waals surface area contributed by atoms with E-state index in [4.69, 9.17) is 9.72 Å². The minimum Gasteiger partial charge on any atom is -0.494 e. The van der Waals surface area contributed by atoms with E-state index < -0.39 is 0 Å². The summed E-state index contributed by atoms with van der Waals surface area (Å²) in [6.45, 7) is 3.14. The monoisotopic (exact) mass is 270 g/mol. The van der Waals surface area contributed by atoms with Crippen molar-refractivity contribution in [3.05, 3.63) is 36.0 Å². The minimum absolute atomic E-state index is 0.289. The van der Waals surface area contributed by atoms with Gasteiger partial charge in [0.25, 0.3) is 0 Å². The summed E-state index contributed by atoms with van der Waals surface area (Å²) in [4.78, 5) is 4.75. The Balaban J connectivity index is 1.81. The van der Waals surface area contributed by atoms with E-state index in [2.05, 4.69) is 30.4 Å². The first-order valence-corrected chi connectivity index (χ1v) is 7.38. The van der Waals surface area contributed by atoms with E-state index in [-0.39, 0.29) is 5.54 Å². The van der Waals surface area contributed by atoms with Gasteiger partial charge in [-0.05, 0) is 31.9 Å². The molecular formula is C17H22N2O. The number of pyridine rings is 1.